The summed E-state index contributed by atoms with van der Waals surface area (Å²) < 4.78 is 26.5. The topological polar surface area (TPSA) is 63.7 Å². The van der Waals surface area contributed by atoms with Crippen LogP contribution in [0.25, 0.3) is 0 Å². The fourth-order valence-electron chi connectivity index (χ4n) is 1.84. The van der Waals surface area contributed by atoms with Gasteiger partial charge in [-0.25, -0.2) is 13.2 Å². The van der Waals surface area contributed by atoms with Crippen LogP contribution in [0.3, 0.4) is 0 Å². The lowest BCUT2D eigenvalue weighted by Crippen LogP contribution is -2.42. The lowest BCUT2D eigenvalue weighted by atomic mass is 9.99. The Morgan fingerprint density at radius 2 is 1.82 bits per heavy atom. The van der Waals surface area contributed by atoms with Crippen molar-refractivity contribution in [1.82, 2.24) is 4.90 Å². The number of hydrogen-bond acceptors (Lipinski definition) is 4. The number of rotatable bonds is 2. The van der Waals surface area contributed by atoms with Crippen LogP contribution in [0.2, 0.25) is 0 Å². The Morgan fingerprint density at radius 1 is 1.29 bits per heavy atom. The minimum Gasteiger partial charge on any atom is -0.444 e. The summed E-state index contributed by atoms with van der Waals surface area (Å²) in [6, 6.07) is 0. The summed E-state index contributed by atoms with van der Waals surface area (Å²) in [5.74, 6) is 0.423. The van der Waals surface area contributed by atoms with Gasteiger partial charge in [0.1, 0.15) is 16.3 Å². The summed E-state index contributed by atoms with van der Waals surface area (Å²) in [6.07, 6.45) is 1.17. The molecule has 1 rings (SSSR count). The molecule has 0 spiro atoms. The van der Waals surface area contributed by atoms with Crippen molar-refractivity contribution in [3.63, 3.8) is 0 Å². The van der Waals surface area contributed by atoms with Crippen molar-refractivity contribution < 1.29 is 17.9 Å². The second-order valence-electron chi connectivity index (χ2n) is 5.43. The van der Waals surface area contributed by atoms with Gasteiger partial charge in [0, 0.05) is 13.1 Å². The Kier molecular flexibility index (Phi) is 4.80. The highest BCUT2D eigenvalue weighted by atomic mass is 32.2. The monoisotopic (exact) mass is 263 g/mol. The maximum atomic E-state index is 11.7. The van der Waals surface area contributed by atoms with Crippen LogP contribution in [0.15, 0.2) is 0 Å². The minimum absolute atomic E-state index is 0.190. The molecule has 1 heterocycles. The molecule has 6 heteroatoms. The smallest absolute Gasteiger partial charge is 0.410 e. The van der Waals surface area contributed by atoms with E-state index in [4.69, 9.17) is 4.74 Å². The van der Waals surface area contributed by atoms with E-state index < -0.39 is 16.3 Å². The van der Waals surface area contributed by atoms with Gasteiger partial charge in [0.05, 0.1) is 5.75 Å². The molecule has 100 valence electrons. The molecule has 0 saturated carbocycles. The van der Waals surface area contributed by atoms with Crippen LogP contribution in [0.1, 0.15) is 33.6 Å². The van der Waals surface area contributed by atoms with Gasteiger partial charge in [-0.2, -0.15) is 0 Å². The van der Waals surface area contributed by atoms with Crippen molar-refractivity contribution in [3.05, 3.63) is 0 Å². The van der Waals surface area contributed by atoms with Gasteiger partial charge in [0.15, 0.2) is 0 Å². The number of nitrogens with zero attached hydrogens (tertiary/aromatic N) is 1. The van der Waals surface area contributed by atoms with Gasteiger partial charge in [0.2, 0.25) is 0 Å². The Bertz CT molecular complexity index is 330. The Hall–Kier alpha value is -0.780. The molecular formula is C11H21NO4S. The zero-order valence-electron chi connectivity index (χ0n) is 10.6. The summed E-state index contributed by atoms with van der Waals surface area (Å²) in [5, 5.41) is 0. The lowest BCUT2D eigenvalue weighted by molar-refractivity contribution is 0.0191. The number of likely N-dealkylation sites (tertiary alicyclic amines) is 1. The molecule has 1 aliphatic heterocycles. The molecule has 0 N–H and O–H groups in total. The minimum atomic E-state index is -2.31. The number of hydrogen-bond donors (Lipinski definition) is 1. The summed E-state index contributed by atoms with van der Waals surface area (Å²) in [4.78, 5) is 13.4. The zero-order valence-corrected chi connectivity index (χ0v) is 11.5. The summed E-state index contributed by atoms with van der Waals surface area (Å²) in [6.45, 7) is 6.67. The predicted molar refractivity (Wildman–Crippen MR) is 65.7 cm³/mol. The molecule has 0 aromatic carbocycles. The molecule has 0 atom stereocenters. The van der Waals surface area contributed by atoms with Crippen LogP contribution in [-0.4, -0.2) is 43.9 Å². The van der Waals surface area contributed by atoms with Crippen LogP contribution in [0.5, 0.6) is 0 Å². The van der Waals surface area contributed by atoms with Crippen LogP contribution in [0.4, 0.5) is 4.79 Å². The van der Waals surface area contributed by atoms with Crippen LogP contribution in [0, 0.1) is 5.92 Å². The maximum absolute atomic E-state index is 11.7. The third kappa shape index (κ3) is 5.39. The molecule has 0 aromatic heterocycles. The summed E-state index contributed by atoms with van der Waals surface area (Å²) in [5.41, 5.74) is -0.480. The fourth-order valence-corrected chi connectivity index (χ4v) is 2.62. The van der Waals surface area contributed by atoms with Gasteiger partial charge < -0.3 is 9.64 Å². The summed E-state index contributed by atoms with van der Waals surface area (Å²) in [7, 11) is -2.31. The van der Waals surface area contributed by atoms with Gasteiger partial charge in [-0.3, -0.25) is 0 Å². The van der Waals surface area contributed by atoms with Crippen molar-refractivity contribution in [1.29, 1.82) is 0 Å². The maximum Gasteiger partial charge on any atom is 0.410 e. The van der Waals surface area contributed by atoms with Gasteiger partial charge in [-0.15, -0.1) is 0 Å². The molecule has 0 bridgehead atoms. The van der Waals surface area contributed by atoms with Crippen molar-refractivity contribution in [3.8, 4) is 0 Å². The SMILES string of the molecule is CC(C)(C)OC(=O)N1CCC(C[SH](=O)=O)CC1. The van der Waals surface area contributed by atoms with E-state index in [-0.39, 0.29) is 17.8 Å². The number of ether oxygens (including phenoxy) is 1. The standard InChI is InChI=1S/C11H21NO4S/c1-11(2,3)16-10(13)12-6-4-9(5-7-12)8-17(14)15/h9,17H,4-8H2,1-3H3. The quantitative estimate of drug-likeness (QED) is 0.761. The first kappa shape index (κ1) is 14.3. The van der Waals surface area contributed by atoms with Gasteiger partial charge in [0.25, 0.3) is 0 Å². The number of amides is 1. The molecule has 0 aromatic rings. The fraction of sp³-hybridized carbons (Fsp3) is 0.909. The first-order chi connectivity index (χ1) is 7.78. The van der Waals surface area contributed by atoms with E-state index in [2.05, 4.69) is 0 Å². The highest BCUT2D eigenvalue weighted by Gasteiger charge is 2.26. The van der Waals surface area contributed by atoms with E-state index in [9.17, 15) is 13.2 Å². The first-order valence-electron chi connectivity index (χ1n) is 5.87. The molecule has 0 aliphatic carbocycles. The van der Waals surface area contributed by atoms with E-state index in [1.807, 2.05) is 20.8 Å². The van der Waals surface area contributed by atoms with Crippen LogP contribution < -0.4 is 0 Å². The molecule has 0 radical (unpaired) electrons. The molecule has 1 amide bonds. The van der Waals surface area contributed by atoms with Crippen LogP contribution in [-0.2, 0) is 15.4 Å². The second kappa shape index (κ2) is 5.71. The van der Waals surface area contributed by atoms with Gasteiger partial charge in [-0.1, -0.05) is 0 Å². The number of thiol groups is 1. The zero-order chi connectivity index (χ0) is 13.1. The van der Waals surface area contributed by atoms with Crippen molar-refractivity contribution in [2.24, 2.45) is 5.92 Å². The van der Waals surface area contributed by atoms with E-state index in [1.165, 1.54) is 0 Å². The average molecular weight is 263 g/mol. The molecular weight excluding hydrogens is 242 g/mol. The molecule has 1 aliphatic rings. The van der Waals surface area contributed by atoms with Gasteiger partial charge in [-0.05, 0) is 39.5 Å². The molecule has 1 fully saturated rings. The largest absolute Gasteiger partial charge is 0.444 e. The lowest BCUT2D eigenvalue weighted by Gasteiger charge is -2.32. The van der Waals surface area contributed by atoms with E-state index in [1.54, 1.807) is 4.90 Å². The van der Waals surface area contributed by atoms with E-state index >= 15 is 0 Å². The third-order valence-electron chi connectivity index (χ3n) is 2.67. The number of carbonyl (C=O) groups excluding carboxylic acids is 1. The highest BCUT2D eigenvalue weighted by molar-refractivity contribution is 7.72. The molecule has 17 heavy (non-hydrogen) atoms. The number of piperidine rings is 1. The third-order valence-corrected chi connectivity index (χ3v) is 3.49. The molecule has 0 unspecified atom stereocenters. The molecule has 1 saturated heterocycles. The Balaban J connectivity index is 2.39. The second-order valence-corrected chi connectivity index (χ2v) is 6.46. The Labute approximate surface area is 104 Å². The highest BCUT2D eigenvalue weighted by Crippen LogP contribution is 2.19. The predicted octanol–water partition coefficient (Wildman–Crippen LogP) is 1.24. The van der Waals surface area contributed by atoms with Gasteiger partial charge >= 0.3 is 6.09 Å². The van der Waals surface area contributed by atoms with Crippen molar-refractivity contribution >= 4 is 16.8 Å². The summed E-state index contributed by atoms with van der Waals surface area (Å²) >= 11 is 0. The van der Waals surface area contributed by atoms with Crippen molar-refractivity contribution in [2.45, 2.75) is 39.2 Å². The number of carbonyl (C=O) groups is 1. The average Bonchev–Trinajstić information content (AvgIpc) is 2.15. The van der Waals surface area contributed by atoms with E-state index in [0.717, 1.165) is 12.8 Å². The first-order valence-corrected chi connectivity index (χ1v) is 7.24. The van der Waals surface area contributed by atoms with E-state index in [0.29, 0.717) is 13.1 Å². The normalized spacial score (nSPS) is 18.5. The van der Waals surface area contributed by atoms with Crippen LogP contribution >= 0.6 is 0 Å². The Morgan fingerprint density at radius 3 is 2.24 bits per heavy atom. The molecule has 5 nitrogen and oxygen atoms in total. The van der Waals surface area contributed by atoms with Crippen molar-refractivity contribution in [2.75, 3.05) is 18.8 Å².